The van der Waals surface area contributed by atoms with Gasteiger partial charge in [-0.05, 0) is 60.3 Å². The Kier molecular flexibility index (Phi) is 5.50. The van der Waals surface area contributed by atoms with Crippen LogP contribution in [0.5, 0.6) is 0 Å². The van der Waals surface area contributed by atoms with Gasteiger partial charge in [0.25, 0.3) is 0 Å². The number of rotatable bonds is 4. The molecule has 1 aliphatic heterocycles. The summed E-state index contributed by atoms with van der Waals surface area (Å²) in [6.45, 7) is 6.46. The van der Waals surface area contributed by atoms with Gasteiger partial charge in [0.1, 0.15) is 0 Å². The molecule has 0 spiro atoms. The zero-order chi connectivity index (χ0) is 22.2. The summed E-state index contributed by atoms with van der Waals surface area (Å²) in [5.41, 5.74) is 5.50. The van der Waals surface area contributed by atoms with E-state index in [0.29, 0.717) is 17.7 Å². The molecule has 0 bridgehead atoms. The summed E-state index contributed by atoms with van der Waals surface area (Å²) >= 11 is -2.28. The minimum absolute atomic E-state index is 0.242. The molecular formula is C24H24N5O2S-. The molecule has 3 atom stereocenters. The molecule has 32 heavy (non-hydrogen) atoms. The molecule has 1 N–H and O–H groups in total. The highest BCUT2D eigenvalue weighted by Crippen LogP contribution is 2.29. The summed E-state index contributed by atoms with van der Waals surface area (Å²) in [5.74, 6) is 0. The van der Waals surface area contributed by atoms with E-state index in [1.807, 2.05) is 18.5 Å². The normalized spacial score (nSPS) is 19.9. The van der Waals surface area contributed by atoms with Crippen LogP contribution in [0.1, 0.15) is 13.8 Å². The van der Waals surface area contributed by atoms with E-state index in [4.69, 9.17) is 0 Å². The molecule has 4 aromatic rings. The number of benzene rings is 2. The molecule has 8 heteroatoms. The van der Waals surface area contributed by atoms with Crippen LogP contribution in [0.25, 0.3) is 27.9 Å². The first-order chi connectivity index (χ1) is 15.5. The van der Waals surface area contributed by atoms with Crippen molar-refractivity contribution in [2.45, 2.75) is 30.8 Å². The van der Waals surface area contributed by atoms with Gasteiger partial charge >= 0.3 is 0 Å². The average molecular weight is 447 g/mol. The summed E-state index contributed by atoms with van der Waals surface area (Å²) in [4.78, 5) is 7.34. The molecule has 0 aliphatic carbocycles. The van der Waals surface area contributed by atoms with E-state index in [9.17, 15) is 8.76 Å². The lowest BCUT2D eigenvalue weighted by Crippen LogP contribution is -2.55. The maximum absolute atomic E-state index is 11.3. The number of piperazine rings is 1. The predicted molar refractivity (Wildman–Crippen MR) is 125 cm³/mol. The van der Waals surface area contributed by atoms with E-state index in [0.717, 1.165) is 35.3 Å². The third-order valence-corrected chi connectivity index (χ3v) is 6.66. The molecule has 1 saturated heterocycles. The van der Waals surface area contributed by atoms with E-state index in [2.05, 4.69) is 58.4 Å². The second kappa shape index (κ2) is 8.46. The van der Waals surface area contributed by atoms with Crippen molar-refractivity contribution in [1.29, 1.82) is 0 Å². The molecule has 0 radical (unpaired) electrons. The van der Waals surface area contributed by atoms with Gasteiger partial charge in [0.05, 0.1) is 6.20 Å². The van der Waals surface area contributed by atoms with Gasteiger partial charge in [0, 0.05) is 59.3 Å². The van der Waals surface area contributed by atoms with E-state index < -0.39 is 11.1 Å². The SMILES string of the molecule is C[C@@H]1CNC[C@H](C)N1c1ccc(-c2cnc3c(-c4cccc(S(=O)[O-])c4)cnn3c2)cc1. The van der Waals surface area contributed by atoms with Crippen LogP contribution in [0, 0.1) is 0 Å². The zero-order valence-corrected chi connectivity index (χ0v) is 18.7. The van der Waals surface area contributed by atoms with Crippen molar-refractivity contribution in [3.63, 3.8) is 0 Å². The minimum Gasteiger partial charge on any atom is -0.768 e. The number of nitrogens with zero attached hydrogens (tertiary/aromatic N) is 4. The lowest BCUT2D eigenvalue weighted by Gasteiger charge is -2.41. The molecular weight excluding hydrogens is 422 g/mol. The monoisotopic (exact) mass is 446 g/mol. The van der Waals surface area contributed by atoms with Crippen molar-refractivity contribution in [2.24, 2.45) is 0 Å². The van der Waals surface area contributed by atoms with Crippen LogP contribution in [-0.4, -0.2) is 48.5 Å². The Labute approximate surface area is 189 Å². The third-order valence-electron chi connectivity index (χ3n) is 6.02. The number of nitrogens with one attached hydrogen (secondary N) is 1. The Morgan fingerprint density at radius 3 is 2.47 bits per heavy atom. The van der Waals surface area contributed by atoms with Crippen molar-refractivity contribution in [3.05, 3.63) is 67.1 Å². The predicted octanol–water partition coefficient (Wildman–Crippen LogP) is 3.49. The van der Waals surface area contributed by atoms with Gasteiger partial charge in [-0.2, -0.15) is 5.10 Å². The van der Waals surface area contributed by atoms with Crippen molar-refractivity contribution in [3.8, 4) is 22.3 Å². The van der Waals surface area contributed by atoms with Gasteiger partial charge in [-0.15, -0.1) is 0 Å². The smallest absolute Gasteiger partial charge is 0.162 e. The molecule has 1 aliphatic rings. The summed E-state index contributed by atoms with van der Waals surface area (Å²) in [7, 11) is 0. The Balaban J connectivity index is 1.45. The van der Waals surface area contributed by atoms with Crippen molar-refractivity contribution in [1.82, 2.24) is 19.9 Å². The second-order valence-electron chi connectivity index (χ2n) is 8.24. The lowest BCUT2D eigenvalue weighted by atomic mass is 10.0. The first kappa shape index (κ1) is 20.8. The van der Waals surface area contributed by atoms with Crippen LogP contribution >= 0.6 is 0 Å². The van der Waals surface area contributed by atoms with Gasteiger partial charge in [-0.1, -0.05) is 24.3 Å². The van der Waals surface area contributed by atoms with Crippen molar-refractivity contribution >= 4 is 22.4 Å². The van der Waals surface area contributed by atoms with Gasteiger partial charge < -0.3 is 14.8 Å². The molecule has 164 valence electrons. The standard InChI is InChI=1S/C24H25N5O2S/c1-16-11-25-12-17(2)29(16)21-8-6-18(7-9-21)20-13-26-24-23(14-27-28(24)15-20)19-4-3-5-22(10-19)32(30)31/h3-10,13-17,25H,11-12H2,1-2H3,(H,30,31)/p-1/t16-,17+. The highest BCUT2D eigenvalue weighted by atomic mass is 32.2. The number of hydrogen-bond acceptors (Lipinski definition) is 6. The van der Waals surface area contributed by atoms with E-state index in [1.165, 1.54) is 5.69 Å². The van der Waals surface area contributed by atoms with Crippen LogP contribution in [0.3, 0.4) is 0 Å². The summed E-state index contributed by atoms with van der Waals surface area (Å²) < 4.78 is 24.3. The maximum Gasteiger partial charge on any atom is 0.162 e. The van der Waals surface area contributed by atoms with Crippen LogP contribution < -0.4 is 10.2 Å². The Morgan fingerprint density at radius 1 is 1.00 bits per heavy atom. The highest BCUT2D eigenvalue weighted by molar-refractivity contribution is 7.79. The molecule has 1 unspecified atom stereocenters. The molecule has 0 saturated carbocycles. The van der Waals surface area contributed by atoms with Crippen LogP contribution in [0.15, 0.2) is 72.0 Å². The van der Waals surface area contributed by atoms with E-state index >= 15 is 0 Å². The highest BCUT2D eigenvalue weighted by Gasteiger charge is 2.24. The lowest BCUT2D eigenvalue weighted by molar-refractivity contribution is 0.432. The molecule has 2 aromatic carbocycles. The fourth-order valence-electron chi connectivity index (χ4n) is 4.46. The van der Waals surface area contributed by atoms with Gasteiger partial charge in [-0.25, -0.2) is 9.50 Å². The molecule has 2 aromatic heterocycles. The van der Waals surface area contributed by atoms with Gasteiger partial charge in [-0.3, -0.25) is 4.21 Å². The average Bonchev–Trinajstić information content (AvgIpc) is 3.23. The van der Waals surface area contributed by atoms with E-state index in [-0.39, 0.29) is 4.90 Å². The summed E-state index contributed by atoms with van der Waals surface area (Å²) in [6.07, 6.45) is 5.50. The number of hydrogen-bond donors (Lipinski definition) is 1. The third kappa shape index (κ3) is 3.81. The Bertz CT molecular complexity index is 1280. The summed E-state index contributed by atoms with van der Waals surface area (Å²) in [6, 6.07) is 16.3. The zero-order valence-electron chi connectivity index (χ0n) is 17.9. The minimum atomic E-state index is -2.28. The van der Waals surface area contributed by atoms with Crippen LogP contribution in [-0.2, 0) is 11.1 Å². The molecule has 3 heterocycles. The number of aromatic nitrogens is 3. The van der Waals surface area contributed by atoms with Gasteiger partial charge in [0.2, 0.25) is 0 Å². The Hall–Kier alpha value is -3.07. The first-order valence-corrected chi connectivity index (χ1v) is 11.7. The molecule has 0 amide bonds. The molecule has 5 rings (SSSR count). The summed E-state index contributed by atoms with van der Waals surface area (Å²) in [5, 5.41) is 7.92. The topological polar surface area (TPSA) is 85.6 Å². The fourth-order valence-corrected chi connectivity index (χ4v) is 4.87. The van der Waals surface area contributed by atoms with Crippen molar-refractivity contribution < 1.29 is 8.76 Å². The fraction of sp³-hybridized carbons (Fsp3) is 0.250. The maximum atomic E-state index is 11.3. The van der Waals surface area contributed by atoms with Crippen LogP contribution in [0.2, 0.25) is 0 Å². The first-order valence-electron chi connectivity index (χ1n) is 10.6. The molecule has 7 nitrogen and oxygen atoms in total. The quantitative estimate of drug-likeness (QED) is 0.483. The molecule has 1 fully saturated rings. The van der Waals surface area contributed by atoms with Crippen LogP contribution in [0.4, 0.5) is 5.69 Å². The largest absolute Gasteiger partial charge is 0.768 e. The Morgan fingerprint density at radius 2 is 1.75 bits per heavy atom. The van der Waals surface area contributed by atoms with Crippen molar-refractivity contribution in [2.75, 3.05) is 18.0 Å². The number of anilines is 1. The van der Waals surface area contributed by atoms with Gasteiger partial charge in [0.15, 0.2) is 5.65 Å². The van der Waals surface area contributed by atoms with E-state index in [1.54, 1.807) is 28.9 Å². The second-order valence-corrected chi connectivity index (χ2v) is 9.18. The number of fused-ring (bicyclic) bond motifs is 1.